The molecule has 116 valence electrons. The number of hydrogen-bond acceptors (Lipinski definition) is 6. The molecule has 0 aliphatic rings. The van der Waals surface area contributed by atoms with Gasteiger partial charge < -0.3 is 15.5 Å². The van der Waals surface area contributed by atoms with Crippen molar-refractivity contribution in [2.24, 2.45) is 7.05 Å². The van der Waals surface area contributed by atoms with Crippen LogP contribution in [0.15, 0.2) is 17.8 Å². The average molecular weight is 324 g/mol. The van der Waals surface area contributed by atoms with Gasteiger partial charge >= 0.3 is 11.9 Å². The summed E-state index contributed by atoms with van der Waals surface area (Å²) in [5, 5.41) is 25.7. The first-order valence-corrected chi connectivity index (χ1v) is 6.95. The van der Waals surface area contributed by atoms with Crippen LogP contribution < -0.4 is 5.32 Å². The number of nitrogens with zero attached hydrogens (tertiary/aromatic N) is 3. The molecule has 0 aromatic carbocycles. The third-order valence-electron chi connectivity index (χ3n) is 2.67. The van der Waals surface area contributed by atoms with E-state index in [4.69, 9.17) is 10.2 Å². The second-order valence-corrected chi connectivity index (χ2v) is 5.26. The van der Waals surface area contributed by atoms with Crippen LogP contribution in [0.2, 0.25) is 0 Å². The van der Waals surface area contributed by atoms with Crippen LogP contribution in [0.25, 0.3) is 10.6 Å². The van der Waals surface area contributed by atoms with Crippen LogP contribution in [0, 0.1) is 0 Å². The zero-order chi connectivity index (χ0) is 16.3. The van der Waals surface area contributed by atoms with Crippen molar-refractivity contribution in [2.45, 2.75) is 12.5 Å². The number of nitrogens with one attached hydrogen (secondary N) is 1. The molecular formula is C12H12N4O5S. The lowest BCUT2D eigenvalue weighted by Gasteiger charge is -2.10. The third-order valence-corrected chi connectivity index (χ3v) is 3.56. The zero-order valence-electron chi connectivity index (χ0n) is 11.4. The molecule has 1 atom stereocenters. The minimum Gasteiger partial charge on any atom is -0.481 e. The number of thiazole rings is 1. The molecule has 2 aromatic heterocycles. The molecule has 0 bridgehead atoms. The number of carbonyl (C=O) groups excluding carboxylic acids is 1. The zero-order valence-corrected chi connectivity index (χ0v) is 12.2. The van der Waals surface area contributed by atoms with Crippen molar-refractivity contribution in [2.75, 3.05) is 0 Å². The number of aryl methyl sites for hydroxylation is 1. The van der Waals surface area contributed by atoms with E-state index < -0.39 is 30.3 Å². The number of aliphatic carboxylic acids is 2. The molecule has 1 unspecified atom stereocenters. The number of carboxylic acid groups (broad SMARTS) is 2. The van der Waals surface area contributed by atoms with Crippen molar-refractivity contribution >= 4 is 29.2 Å². The number of carboxylic acids is 2. The highest BCUT2D eigenvalue weighted by molar-refractivity contribution is 7.13. The van der Waals surface area contributed by atoms with E-state index in [1.807, 2.05) is 0 Å². The third kappa shape index (κ3) is 3.67. The number of carbonyl (C=O) groups is 3. The van der Waals surface area contributed by atoms with Crippen molar-refractivity contribution < 1.29 is 24.6 Å². The molecule has 0 aliphatic carbocycles. The molecule has 2 aromatic rings. The maximum atomic E-state index is 11.9. The van der Waals surface area contributed by atoms with Crippen LogP contribution in [0.4, 0.5) is 0 Å². The van der Waals surface area contributed by atoms with Crippen LogP contribution in [0.3, 0.4) is 0 Å². The van der Waals surface area contributed by atoms with E-state index in [0.717, 1.165) is 5.56 Å². The fraction of sp³-hybridized carbons (Fsp3) is 0.250. The SMILES string of the molecule is Cn1cc(-c2nc(C(=O)NC(CC(=O)O)C(=O)O)cs2)cn1. The van der Waals surface area contributed by atoms with Gasteiger partial charge in [0.15, 0.2) is 0 Å². The summed E-state index contributed by atoms with van der Waals surface area (Å²) in [6.45, 7) is 0. The molecule has 0 spiro atoms. The minimum absolute atomic E-state index is 0.0282. The average Bonchev–Trinajstić information content (AvgIpc) is 3.05. The maximum absolute atomic E-state index is 11.9. The number of amides is 1. The van der Waals surface area contributed by atoms with Crippen molar-refractivity contribution in [1.29, 1.82) is 0 Å². The van der Waals surface area contributed by atoms with Crippen molar-refractivity contribution in [3.05, 3.63) is 23.5 Å². The molecule has 2 rings (SSSR count). The molecule has 10 heteroatoms. The predicted molar refractivity (Wildman–Crippen MR) is 75.5 cm³/mol. The Hall–Kier alpha value is -2.75. The van der Waals surface area contributed by atoms with E-state index in [1.165, 1.54) is 16.7 Å². The van der Waals surface area contributed by atoms with Gasteiger partial charge in [0.05, 0.1) is 12.6 Å². The van der Waals surface area contributed by atoms with Gasteiger partial charge in [-0.2, -0.15) is 5.10 Å². The Labute approximate surface area is 128 Å². The number of rotatable bonds is 6. The summed E-state index contributed by atoms with van der Waals surface area (Å²) in [6.07, 6.45) is 2.61. The van der Waals surface area contributed by atoms with E-state index >= 15 is 0 Å². The highest BCUT2D eigenvalue weighted by Gasteiger charge is 2.24. The molecular weight excluding hydrogens is 312 g/mol. The van der Waals surface area contributed by atoms with Crippen molar-refractivity contribution in [3.8, 4) is 10.6 Å². The van der Waals surface area contributed by atoms with Gasteiger partial charge in [-0.25, -0.2) is 9.78 Å². The molecule has 0 aliphatic heterocycles. The highest BCUT2D eigenvalue weighted by atomic mass is 32.1. The van der Waals surface area contributed by atoms with E-state index in [-0.39, 0.29) is 5.69 Å². The Morgan fingerprint density at radius 2 is 2.14 bits per heavy atom. The molecule has 0 radical (unpaired) electrons. The molecule has 22 heavy (non-hydrogen) atoms. The Morgan fingerprint density at radius 1 is 1.41 bits per heavy atom. The van der Waals surface area contributed by atoms with Gasteiger partial charge in [-0.1, -0.05) is 0 Å². The molecule has 0 saturated carbocycles. The molecule has 3 N–H and O–H groups in total. The topological polar surface area (TPSA) is 134 Å². The summed E-state index contributed by atoms with van der Waals surface area (Å²) >= 11 is 1.20. The van der Waals surface area contributed by atoms with E-state index in [0.29, 0.717) is 5.01 Å². The summed E-state index contributed by atoms with van der Waals surface area (Å²) in [4.78, 5) is 37.6. The van der Waals surface area contributed by atoms with Gasteiger partial charge in [0.2, 0.25) is 0 Å². The Balaban J connectivity index is 2.11. The van der Waals surface area contributed by atoms with Gasteiger partial charge in [0.1, 0.15) is 16.7 Å². The predicted octanol–water partition coefficient (Wildman–Crippen LogP) is 0.201. The van der Waals surface area contributed by atoms with Crippen LogP contribution in [0.5, 0.6) is 0 Å². The lowest BCUT2D eigenvalue weighted by Crippen LogP contribution is -2.42. The standard InChI is InChI=1S/C12H12N4O5S/c1-16-4-6(3-13-16)11-15-8(5-22-11)10(19)14-7(12(20)21)2-9(17)18/h3-5,7H,2H2,1H3,(H,14,19)(H,17,18)(H,20,21). The first kappa shape index (κ1) is 15.6. The monoisotopic (exact) mass is 324 g/mol. The van der Waals surface area contributed by atoms with E-state index in [2.05, 4.69) is 15.4 Å². The Morgan fingerprint density at radius 3 is 2.68 bits per heavy atom. The molecule has 0 fully saturated rings. The Kier molecular flexibility index (Phi) is 4.51. The van der Waals surface area contributed by atoms with Crippen LogP contribution in [0.1, 0.15) is 16.9 Å². The summed E-state index contributed by atoms with van der Waals surface area (Å²) in [7, 11) is 1.74. The first-order valence-electron chi connectivity index (χ1n) is 6.07. The second kappa shape index (κ2) is 6.35. The molecule has 1 amide bonds. The highest BCUT2D eigenvalue weighted by Crippen LogP contribution is 2.22. The van der Waals surface area contributed by atoms with Gasteiger partial charge in [-0.15, -0.1) is 11.3 Å². The lowest BCUT2D eigenvalue weighted by molar-refractivity contribution is -0.145. The molecule has 0 saturated heterocycles. The quantitative estimate of drug-likeness (QED) is 0.691. The largest absolute Gasteiger partial charge is 0.481 e. The van der Waals surface area contributed by atoms with Crippen molar-refractivity contribution in [3.63, 3.8) is 0 Å². The second-order valence-electron chi connectivity index (χ2n) is 4.40. The van der Waals surface area contributed by atoms with E-state index in [9.17, 15) is 14.4 Å². The fourth-order valence-electron chi connectivity index (χ4n) is 1.65. The van der Waals surface area contributed by atoms with Crippen molar-refractivity contribution in [1.82, 2.24) is 20.1 Å². The van der Waals surface area contributed by atoms with Gasteiger partial charge in [0.25, 0.3) is 5.91 Å². The van der Waals surface area contributed by atoms with Crippen LogP contribution in [-0.2, 0) is 16.6 Å². The smallest absolute Gasteiger partial charge is 0.326 e. The number of hydrogen-bond donors (Lipinski definition) is 3. The summed E-state index contributed by atoms with van der Waals surface area (Å²) in [5.41, 5.74) is 0.757. The summed E-state index contributed by atoms with van der Waals surface area (Å²) in [6, 6.07) is -1.51. The van der Waals surface area contributed by atoms with Gasteiger partial charge in [-0.3, -0.25) is 14.3 Å². The fourth-order valence-corrected chi connectivity index (χ4v) is 2.42. The molecule has 9 nitrogen and oxygen atoms in total. The van der Waals surface area contributed by atoms with Gasteiger partial charge in [-0.05, 0) is 0 Å². The van der Waals surface area contributed by atoms with E-state index in [1.54, 1.807) is 24.1 Å². The molecule has 2 heterocycles. The van der Waals surface area contributed by atoms with Gasteiger partial charge in [0, 0.05) is 24.2 Å². The first-order chi connectivity index (χ1) is 10.4. The lowest BCUT2D eigenvalue weighted by atomic mass is 10.2. The summed E-state index contributed by atoms with van der Waals surface area (Å²) in [5.74, 6) is -3.47. The van der Waals surface area contributed by atoms with Crippen LogP contribution >= 0.6 is 11.3 Å². The number of aromatic nitrogens is 3. The maximum Gasteiger partial charge on any atom is 0.326 e. The Bertz CT molecular complexity index is 723. The normalized spacial score (nSPS) is 11.9. The van der Waals surface area contributed by atoms with Crippen LogP contribution in [-0.4, -0.2) is 48.9 Å². The summed E-state index contributed by atoms with van der Waals surface area (Å²) < 4.78 is 1.59. The minimum atomic E-state index is -1.51.